The average molecular weight is 476 g/mol. The van der Waals surface area contributed by atoms with Crippen molar-refractivity contribution in [3.05, 3.63) is 77.2 Å². The quantitative estimate of drug-likeness (QED) is 0.351. The fourth-order valence-corrected chi connectivity index (χ4v) is 3.74. The van der Waals surface area contributed by atoms with Gasteiger partial charge in [-0.2, -0.15) is 26.3 Å². The zero-order chi connectivity index (χ0) is 24.1. The molecule has 0 aliphatic carbocycles. The zero-order valence-electron chi connectivity index (χ0n) is 17.1. The number of nitrogens with zero attached hydrogens (tertiary/aromatic N) is 3. The molecule has 3 heterocycles. The molecule has 0 fully saturated rings. The summed E-state index contributed by atoms with van der Waals surface area (Å²) in [5.74, 6) is 0.737. The Kier molecular flexibility index (Phi) is 5.07. The monoisotopic (exact) mass is 476 g/mol. The van der Waals surface area contributed by atoms with Gasteiger partial charge in [-0.05, 0) is 36.4 Å². The average Bonchev–Trinajstić information content (AvgIpc) is 3.53. The number of nitrogens with one attached hydrogen (secondary N) is 1. The molecule has 1 atom stereocenters. The second-order valence-electron chi connectivity index (χ2n) is 7.72. The number of amidine groups is 1. The first-order chi connectivity index (χ1) is 16.1. The summed E-state index contributed by atoms with van der Waals surface area (Å²) in [6.45, 7) is 0. The minimum atomic E-state index is -5.01. The summed E-state index contributed by atoms with van der Waals surface area (Å²) in [6.07, 6.45) is -6.32. The molecule has 5 rings (SSSR count). The Labute approximate surface area is 187 Å². The van der Waals surface area contributed by atoms with Gasteiger partial charge in [0.25, 0.3) is 0 Å². The molecular formula is C23H14F6N4O. The Balaban J connectivity index is 1.38. The molecule has 1 aliphatic heterocycles. The summed E-state index contributed by atoms with van der Waals surface area (Å²) < 4.78 is 84.2. The first kappa shape index (κ1) is 21.9. The molecule has 0 bridgehead atoms. The molecule has 5 nitrogen and oxygen atoms in total. The Morgan fingerprint density at radius 2 is 1.74 bits per heavy atom. The van der Waals surface area contributed by atoms with Crippen LogP contribution in [0.15, 0.2) is 69.2 Å². The van der Waals surface area contributed by atoms with E-state index >= 15 is 0 Å². The van der Waals surface area contributed by atoms with Gasteiger partial charge in [-0.15, -0.1) is 0 Å². The summed E-state index contributed by atoms with van der Waals surface area (Å²) >= 11 is 0. The molecule has 1 aliphatic rings. The van der Waals surface area contributed by atoms with Gasteiger partial charge in [0.05, 0.1) is 17.2 Å². The van der Waals surface area contributed by atoms with E-state index in [-0.39, 0.29) is 23.9 Å². The molecule has 0 saturated carbocycles. The molecule has 2 aromatic heterocycles. The van der Waals surface area contributed by atoms with Gasteiger partial charge in [-0.3, -0.25) is 4.99 Å². The largest absolute Gasteiger partial charge is 0.417 e. The predicted molar refractivity (Wildman–Crippen MR) is 113 cm³/mol. The number of H-pyrrole nitrogens is 1. The normalized spacial score (nSPS) is 16.4. The van der Waals surface area contributed by atoms with Crippen LogP contribution in [0.3, 0.4) is 0 Å². The van der Waals surface area contributed by atoms with Crippen molar-refractivity contribution in [1.29, 1.82) is 0 Å². The van der Waals surface area contributed by atoms with E-state index in [4.69, 9.17) is 4.52 Å². The lowest BCUT2D eigenvalue weighted by atomic mass is 10.00. The second kappa shape index (κ2) is 7.86. The lowest BCUT2D eigenvalue weighted by Crippen LogP contribution is -2.12. The van der Waals surface area contributed by atoms with Crippen molar-refractivity contribution in [2.45, 2.75) is 24.8 Å². The Hall–Kier alpha value is -3.89. The van der Waals surface area contributed by atoms with E-state index in [9.17, 15) is 26.3 Å². The molecule has 1 N–H and O–H groups in total. The van der Waals surface area contributed by atoms with E-state index in [0.717, 1.165) is 22.5 Å². The number of hydrogen-bond donors (Lipinski definition) is 1. The van der Waals surface area contributed by atoms with Gasteiger partial charge in [0.1, 0.15) is 11.5 Å². The summed E-state index contributed by atoms with van der Waals surface area (Å²) in [7, 11) is 0. The Morgan fingerprint density at radius 3 is 2.50 bits per heavy atom. The van der Waals surface area contributed by atoms with Crippen LogP contribution in [0, 0.1) is 0 Å². The SMILES string of the molecule is FC(F)(F)c1ccc(-c2cc(CC3C=NC(c4ccc5[nH]ccc5c4)=N3)on2)c(C(F)(F)F)c1. The summed E-state index contributed by atoms with van der Waals surface area (Å²) in [5.41, 5.74) is -1.77. The maximum atomic E-state index is 13.5. The van der Waals surface area contributed by atoms with Gasteiger partial charge in [0.2, 0.25) is 0 Å². The van der Waals surface area contributed by atoms with Crippen molar-refractivity contribution in [1.82, 2.24) is 10.1 Å². The van der Waals surface area contributed by atoms with Crippen molar-refractivity contribution in [3.8, 4) is 11.3 Å². The van der Waals surface area contributed by atoms with Crippen LogP contribution >= 0.6 is 0 Å². The number of alkyl halides is 6. The van der Waals surface area contributed by atoms with E-state index in [0.29, 0.717) is 11.9 Å². The van der Waals surface area contributed by atoms with E-state index < -0.39 is 35.1 Å². The molecule has 34 heavy (non-hydrogen) atoms. The van der Waals surface area contributed by atoms with Crippen LogP contribution in [-0.2, 0) is 18.8 Å². The van der Waals surface area contributed by atoms with Crippen molar-refractivity contribution in [2.75, 3.05) is 0 Å². The first-order valence-corrected chi connectivity index (χ1v) is 10.0. The van der Waals surface area contributed by atoms with E-state index in [1.165, 1.54) is 6.07 Å². The van der Waals surface area contributed by atoms with Crippen molar-refractivity contribution in [2.24, 2.45) is 9.98 Å². The third-order valence-electron chi connectivity index (χ3n) is 5.37. The smallest absolute Gasteiger partial charge is 0.361 e. The van der Waals surface area contributed by atoms with Gasteiger partial charge in [-0.1, -0.05) is 11.2 Å². The van der Waals surface area contributed by atoms with Crippen LogP contribution in [0.4, 0.5) is 26.3 Å². The molecule has 1 unspecified atom stereocenters. The zero-order valence-corrected chi connectivity index (χ0v) is 17.1. The predicted octanol–water partition coefficient (Wildman–Crippen LogP) is 6.30. The third kappa shape index (κ3) is 4.20. The molecule has 0 radical (unpaired) electrons. The van der Waals surface area contributed by atoms with Crippen LogP contribution in [0.1, 0.15) is 22.5 Å². The molecule has 0 saturated heterocycles. The highest BCUT2D eigenvalue weighted by molar-refractivity contribution is 6.08. The minimum absolute atomic E-state index is 0.0746. The molecule has 4 aromatic rings. The standard InChI is InChI=1S/C23H14F6N4O/c24-22(25,26)14-2-3-17(18(8-14)23(27,28)29)20-10-16(34-33-20)9-15-11-31-21(32-15)13-1-4-19-12(7-13)5-6-30-19/h1-8,10-11,15,30H,9H2. The molecule has 11 heteroatoms. The summed E-state index contributed by atoms with van der Waals surface area (Å²) in [5, 5.41) is 4.64. The Bertz CT molecular complexity index is 1430. The number of halogens is 6. The topological polar surface area (TPSA) is 66.5 Å². The maximum absolute atomic E-state index is 13.5. The van der Waals surface area contributed by atoms with E-state index in [1.54, 1.807) is 6.21 Å². The lowest BCUT2D eigenvalue weighted by Gasteiger charge is -2.14. The minimum Gasteiger partial charge on any atom is -0.361 e. The lowest BCUT2D eigenvalue weighted by molar-refractivity contribution is -0.142. The fourth-order valence-electron chi connectivity index (χ4n) is 3.74. The highest BCUT2D eigenvalue weighted by Gasteiger charge is 2.39. The molecule has 2 aromatic carbocycles. The number of rotatable bonds is 4. The van der Waals surface area contributed by atoms with Crippen molar-refractivity contribution >= 4 is 23.0 Å². The van der Waals surface area contributed by atoms with Crippen LogP contribution in [-0.4, -0.2) is 28.2 Å². The van der Waals surface area contributed by atoms with Gasteiger partial charge in [0.15, 0.2) is 5.84 Å². The highest BCUT2D eigenvalue weighted by atomic mass is 19.4. The summed E-state index contributed by atoms with van der Waals surface area (Å²) in [6, 6.07) is 9.87. The fraction of sp³-hybridized carbons (Fsp3) is 0.174. The summed E-state index contributed by atoms with van der Waals surface area (Å²) in [4.78, 5) is 11.9. The number of aromatic nitrogens is 2. The maximum Gasteiger partial charge on any atom is 0.417 e. The van der Waals surface area contributed by atoms with E-state index in [1.807, 2.05) is 30.5 Å². The van der Waals surface area contributed by atoms with Crippen LogP contribution in [0.25, 0.3) is 22.2 Å². The number of hydrogen-bond acceptors (Lipinski definition) is 4. The van der Waals surface area contributed by atoms with Crippen LogP contribution in [0.5, 0.6) is 0 Å². The Morgan fingerprint density at radius 1 is 0.912 bits per heavy atom. The highest BCUT2D eigenvalue weighted by Crippen LogP contribution is 2.40. The van der Waals surface area contributed by atoms with Crippen molar-refractivity contribution < 1.29 is 30.9 Å². The van der Waals surface area contributed by atoms with Crippen LogP contribution < -0.4 is 0 Å². The van der Waals surface area contributed by atoms with Crippen molar-refractivity contribution in [3.63, 3.8) is 0 Å². The van der Waals surface area contributed by atoms with Gasteiger partial charge in [0, 0.05) is 46.9 Å². The van der Waals surface area contributed by atoms with Gasteiger partial charge >= 0.3 is 12.4 Å². The second-order valence-corrected chi connectivity index (χ2v) is 7.72. The molecule has 174 valence electrons. The number of aromatic amines is 1. The number of fused-ring (bicyclic) bond motifs is 1. The number of benzene rings is 2. The van der Waals surface area contributed by atoms with Crippen LogP contribution in [0.2, 0.25) is 0 Å². The molecule has 0 amide bonds. The van der Waals surface area contributed by atoms with E-state index in [2.05, 4.69) is 20.1 Å². The van der Waals surface area contributed by atoms with Gasteiger partial charge in [-0.25, -0.2) is 4.99 Å². The molecule has 0 spiro atoms. The molecular weight excluding hydrogens is 462 g/mol. The third-order valence-corrected chi connectivity index (χ3v) is 5.37. The number of aliphatic imine (C=N–C) groups is 2. The first-order valence-electron chi connectivity index (χ1n) is 10.0. The van der Waals surface area contributed by atoms with Gasteiger partial charge < -0.3 is 9.51 Å².